The molecule has 98 valence electrons. The number of fused-ring (bicyclic) bond motifs is 1. The number of hydrogen-bond donors (Lipinski definition) is 1. The number of ether oxygens (including phenoxy) is 1. The van der Waals surface area contributed by atoms with Crippen LogP contribution in [0.1, 0.15) is 38.3 Å². The van der Waals surface area contributed by atoms with Gasteiger partial charge in [0, 0.05) is 12.6 Å². The van der Waals surface area contributed by atoms with E-state index in [1.54, 1.807) is 4.90 Å². The zero-order valence-electron chi connectivity index (χ0n) is 11.0. The van der Waals surface area contributed by atoms with Gasteiger partial charge < -0.3 is 15.4 Å². The topological polar surface area (TPSA) is 55.6 Å². The van der Waals surface area contributed by atoms with Gasteiger partial charge in [0.2, 0.25) is 0 Å². The fourth-order valence-corrected chi connectivity index (χ4v) is 2.15. The predicted molar refractivity (Wildman–Crippen MR) is 71.8 cm³/mol. The molecule has 1 aromatic rings. The maximum absolute atomic E-state index is 11.9. The Kier molecular flexibility index (Phi) is 3.87. The van der Waals surface area contributed by atoms with Crippen LogP contribution >= 0.6 is 0 Å². The van der Waals surface area contributed by atoms with Crippen molar-refractivity contribution >= 4 is 11.6 Å². The Morgan fingerprint density at radius 2 is 2.22 bits per heavy atom. The summed E-state index contributed by atoms with van der Waals surface area (Å²) < 4.78 is 5.45. The van der Waals surface area contributed by atoms with E-state index in [9.17, 15) is 4.79 Å². The molecule has 1 aliphatic rings. The Balaban J connectivity index is 2.38. The lowest BCUT2D eigenvalue weighted by atomic mass is 10.0. The highest BCUT2D eigenvalue weighted by molar-refractivity contribution is 5.97. The van der Waals surface area contributed by atoms with Gasteiger partial charge in [0.15, 0.2) is 6.61 Å². The van der Waals surface area contributed by atoms with E-state index in [0.29, 0.717) is 0 Å². The van der Waals surface area contributed by atoms with E-state index in [-0.39, 0.29) is 18.6 Å². The molecule has 4 heteroatoms. The minimum atomic E-state index is 0.0100. The molecule has 1 amide bonds. The van der Waals surface area contributed by atoms with Crippen molar-refractivity contribution < 1.29 is 9.53 Å². The molecule has 0 bridgehead atoms. The van der Waals surface area contributed by atoms with Crippen LogP contribution in [-0.2, 0) is 4.79 Å². The Morgan fingerprint density at radius 1 is 1.44 bits per heavy atom. The fraction of sp³-hybridized carbons (Fsp3) is 0.500. The second kappa shape index (κ2) is 5.40. The summed E-state index contributed by atoms with van der Waals surface area (Å²) in [5, 5.41) is 0. The van der Waals surface area contributed by atoms with Crippen molar-refractivity contribution in [3.05, 3.63) is 23.8 Å². The molecular formula is C14H20N2O2. The second-order valence-corrected chi connectivity index (χ2v) is 4.58. The smallest absolute Gasteiger partial charge is 0.265 e. The van der Waals surface area contributed by atoms with Gasteiger partial charge in [-0.05, 0) is 30.5 Å². The highest BCUT2D eigenvalue weighted by atomic mass is 16.5. The molecule has 2 rings (SSSR count). The molecule has 1 unspecified atom stereocenters. The number of rotatable bonds is 4. The molecule has 18 heavy (non-hydrogen) atoms. The standard InChI is InChI=1S/C14H20N2O2/c1-3-7-16-12-8-10(11(15)4-2)5-6-13(12)18-9-14(16)17/h5-6,8,11H,3-4,7,9,15H2,1-2H3. The van der Waals surface area contributed by atoms with Crippen molar-refractivity contribution in [2.75, 3.05) is 18.1 Å². The molecule has 0 spiro atoms. The first-order valence-electron chi connectivity index (χ1n) is 6.50. The van der Waals surface area contributed by atoms with Crippen LogP contribution in [0, 0.1) is 0 Å². The fourth-order valence-electron chi connectivity index (χ4n) is 2.15. The van der Waals surface area contributed by atoms with Gasteiger partial charge in [-0.1, -0.05) is 19.9 Å². The first-order chi connectivity index (χ1) is 8.67. The third-order valence-electron chi connectivity index (χ3n) is 3.24. The van der Waals surface area contributed by atoms with E-state index in [1.807, 2.05) is 18.2 Å². The third kappa shape index (κ3) is 2.34. The lowest BCUT2D eigenvalue weighted by Gasteiger charge is -2.30. The first-order valence-corrected chi connectivity index (χ1v) is 6.50. The number of benzene rings is 1. The summed E-state index contributed by atoms with van der Waals surface area (Å²) in [6.45, 7) is 4.96. The largest absolute Gasteiger partial charge is 0.482 e. The lowest BCUT2D eigenvalue weighted by molar-refractivity contribution is -0.121. The van der Waals surface area contributed by atoms with Gasteiger partial charge in [0.05, 0.1) is 5.69 Å². The van der Waals surface area contributed by atoms with Crippen molar-refractivity contribution in [3.63, 3.8) is 0 Å². The molecule has 0 radical (unpaired) electrons. The van der Waals surface area contributed by atoms with E-state index in [0.717, 1.165) is 36.4 Å². The molecule has 0 saturated heterocycles. The highest BCUT2D eigenvalue weighted by Gasteiger charge is 2.25. The highest BCUT2D eigenvalue weighted by Crippen LogP contribution is 2.34. The quantitative estimate of drug-likeness (QED) is 0.889. The Labute approximate surface area is 108 Å². The molecule has 4 nitrogen and oxygen atoms in total. The van der Waals surface area contributed by atoms with Gasteiger partial charge in [0.1, 0.15) is 5.75 Å². The van der Waals surface area contributed by atoms with Crippen LogP contribution in [0.2, 0.25) is 0 Å². The summed E-state index contributed by atoms with van der Waals surface area (Å²) in [6, 6.07) is 5.88. The van der Waals surface area contributed by atoms with Crippen LogP contribution in [-0.4, -0.2) is 19.1 Å². The first kappa shape index (κ1) is 12.9. The number of nitrogens with zero attached hydrogens (tertiary/aromatic N) is 1. The molecule has 2 N–H and O–H groups in total. The number of nitrogens with two attached hydrogens (primary N) is 1. The van der Waals surface area contributed by atoms with E-state index in [1.165, 1.54) is 0 Å². The molecular weight excluding hydrogens is 228 g/mol. The number of amides is 1. The zero-order chi connectivity index (χ0) is 13.1. The summed E-state index contributed by atoms with van der Waals surface area (Å²) in [5.41, 5.74) is 7.94. The molecule has 1 heterocycles. The van der Waals surface area contributed by atoms with Gasteiger partial charge in [-0.15, -0.1) is 0 Å². The SMILES string of the molecule is CCCN1C(=O)COc2ccc(C(N)CC)cc21. The van der Waals surface area contributed by atoms with Gasteiger partial charge in [-0.2, -0.15) is 0 Å². The summed E-state index contributed by atoms with van der Waals surface area (Å²) in [5.74, 6) is 0.793. The van der Waals surface area contributed by atoms with Gasteiger partial charge in [0.25, 0.3) is 5.91 Å². The summed E-state index contributed by atoms with van der Waals surface area (Å²) in [6.07, 6.45) is 1.80. The third-order valence-corrected chi connectivity index (χ3v) is 3.24. The van der Waals surface area contributed by atoms with Crippen LogP contribution < -0.4 is 15.4 Å². The summed E-state index contributed by atoms with van der Waals surface area (Å²) in [4.78, 5) is 13.7. The Morgan fingerprint density at radius 3 is 2.89 bits per heavy atom. The van der Waals surface area contributed by atoms with E-state index < -0.39 is 0 Å². The van der Waals surface area contributed by atoms with Crippen LogP contribution in [0.15, 0.2) is 18.2 Å². The number of anilines is 1. The normalized spacial score (nSPS) is 16.2. The molecule has 0 fully saturated rings. The number of carbonyl (C=O) groups is 1. The average molecular weight is 248 g/mol. The molecule has 1 aliphatic heterocycles. The van der Waals surface area contributed by atoms with E-state index in [2.05, 4.69) is 13.8 Å². The van der Waals surface area contributed by atoms with Crippen molar-refractivity contribution in [2.24, 2.45) is 5.73 Å². The minimum Gasteiger partial charge on any atom is -0.482 e. The maximum Gasteiger partial charge on any atom is 0.265 e. The van der Waals surface area contributed by atoms with Crippen molar-refractivity contribution in [1.29, 1.82) is 0 Å². The molecule has 0 aliphatic carbocycles. The second-order valence-electron chi connectivity index (χ2n) is 4.58. The van der Waals surface area contributed by atoms with Crippen LogP contribution in [0.3, 0.4) is 0 Å². The van der Waals surface area contributed by atoms with E-state index in [4.69, 9.17) is 10.5 Å². The maximum atomic E-state index is 11.9. The zero-order valence-corrected chi connectivity index (χ0v) is 11.0. The van der Waals surface area contributed by atoms with E-state index >= 15 is 0 Å². The van der Waals surface area contributed by atoms with Gasteiger partial charge in [-0.25, -0.2) is 0 Å². The molecule has 1 atom stereocenters. The summed E-state index contributed by atoms with van der Waals surface area (Å²) in [7, 11) is 0. The van der Waals surface area contributed by atoms with Crippen LogP contribution in [0.5, 0.6) is 5.75 Å². The van der Waals surface area contributed by atoms with Gasteiger partial charge >= 0.3 is 0 Å². The van der Waals surface area contributed by atoms with Crippen molar-refractivity contribution in [1.82, 2.24) is 0 Å². The average Bonchev–Trinajstić information content (AvgIpc) is 2.40. The minimum absolute atomic E-state index is 0.0100. The van der Waals surface area contributed by atoms with Gasteiger partial charge in [-0.3, -0.25) is 4.79 Å². The van der Waals surface area contributed by atoms with Crippen molar-refractivity contribution in [3.8, 4) is 5.75 Å². The monoisotopic (exact) mass is 248 g/mol. The van der Waals surface area contributed by atoms with Crippen LogP contribution in [0.25, 0.3) is 0 Å². The molecule has 1 aromatic carbocycles. The molecule has 0 aromatic heterocycles. The Hall–Kier alpha value is -1.55. The Bertz CT molecular complexity index is 445. The van der Waals surface area contributed by atoms with Crippen LogP contribution in [0.4, 0.5) is 5.69 Å². The number of carbonyl (C=O) groups excluding carboxylic acids is 1. The summed E-state index contributed by atoms with van der Waals surface area (Å²) >= 11 is 0. The molecule has 0 saturated carbocycles. The lowest BCUT2D eigenvalue weighted by Crippen LogP contribution is -2.39. The van der Waals surface area contributed by atoms with Crippen molar-refractivity contribution in [2.45, 2.75) is 32.7 Å². The number of hydrogen-bond acceptors (Lipinski definition) is 3. The predicted octanol–water partition coefficient (Wildman–Crippen LogP) is 2.23.